The van der Waals surface area contributed by atoms with Gasteiger partial charge in [-0.3, -0.25) is 14.5 Å². The number of primary amides is 1. The third kappa shape index (κ3) is 4.53. The number of piperidine rings is 1. The summed E-state index contributed by atoms with van der Waals surface area (Å²) in [5.41, 5.74) is 5.76. The number of benzene rings is 1. The van der Waals surface area contributed by atoms with E-state index < -0.39 is 11.5 Å². The van der Waals surface area contributed by atoms with E-state index >= 15 is 0 Å². The smallest absolute Gasteiger partial charge is 0.253 e. The molecular formula is C17H25N3O3. The van der Waals surface area contributed by atoms with Gasteiger partial charge in [-0.05, 0) is 31.0 Å². The van der Waals surface area contributed by atoms with Gasteiger partial charge in [0.15, 0.2) is 0 Å². The van der Waals surface area contributed by atoms with Gasteiger partial charge in [-0.2, -0.15) is 0 Å². The quantitative estimate of drug-likeness (QED) is 0.831. The number of nitrogens with zero attached hydrogens (tertiary/aromatic N) is 2. The first kappa shape index (κ1) is 17.4. The second-order valence-electron chi connectivity index (χ2n) is 6.54. The van der Waals surface area contributed by atoms with Crippen LogP contribution in [0.15, 0.2) is 24.3 Å². The van der Waals surface area contributed by atoms with Gasteiger partial charge in [0, 0.05) is 32.7 Å². The molecule has 0 saturated carbocycles. The lowest BCUT2D eigenvalue weighted by Crippen LogP contribution is -2.49. The number of β-amino-alcohol motifs (C(OH)–C–C–N with tert-alkyl or cyclic N) is 1. The zero-order valence-corrected chi connectivity index (χ0v) is 13.8. The van der Waals surface area contributed by atoms with Gasteiger partial charge >= 0.3 is 0 Å². The standard InChI is InChI=1S/C17H25N3O3/c1-19(2)16(22)14-7-4-3-6-13(14)11-20-9-5-8-17(23,12-20)10-15(18)21/h3-4,6-7,23H,5,8-12H2,1-2H3,(H2,18,21). The van der Waals surface area contributed by atoms with Gasteiger partial charge < -0.3 is 15.7 Å². The summed E-state index contributed by atoms with van der Waals surface area (Å²) < 4.78 is 0. The molecule has 0 radical (unpaired) electrons. The van der Waals surface area contributed by atoms with Crippen molar-refractivity contribution in [3.05, 3.63) is 35.4 Å². The van der Waals surface area contributed by atoms with Crippen molar-refractivity contribution in [1.29, 1.82) is 0 Å². The zero-order chi connectivity index (χ0) is 17.0. The predicted octanol–water partition coefficient (Wildman–Crippen LogP) is 0.591. The minimum absolute atomic E-state index is 0.0260. The fourth-order valence-corrected chi connectivity index (χ4v) is 3.16. The summed E-state index contributed by atoms with van der Waals surface area (Å²) in [6.45, 7) is 1.78. The van der Waals surface area contributed by atoms with Crippen LogP contribution in [0, 0.1) is 0 Å². The molecule has 1 fully saturated rings. The van der Waals surface area contributed by atoms with E-state index in [4.69, 9.17) is 5.73 Å². The van der Waals surface area contributed by atoms with E-state index in [0.717, 1.165) is 18.5 Å². The highest BCUT2D eigenvalue weighted by molar-refractivity contribution is 5.95. The number of likely N-dealkylation sites (tertiary alicyclic amines) is 1. The monoisotopic (exact) mass is 319 g/mol. The molecule has 1 unspecified atom stereocenters. The average molecular weight is 319 g/mol. The third-order valence-electron chi connectivity index (χ3n) is 4.19. The van der Waals surface area contributed by atoms with Crippen molar-refractivity contribution >= 4 is 11.8 Å². The third-order valence-corrected chi connectivity index (χ3v) is 4.19. The first-order valence-corrected chi connectivity index (χ1v) is 7.83. The van der Waals surface area contributed by atoms with Crippen LogP contribution in [-0.4, -0.2) is 59.5 Å². The summed E-state index contributed by atoms with van der Waals surface area (Å²) in [6.07, 6.45) is 1.35. The molecule has 2 amide bonds. The molecule has 3 N–H and O–H groups in total. The number of amides is 2. The van der Waals surface area contributed by atoms with Crippen molar-refractivity contribution in [2.24, 2.45) is 5.73 Å². The molecule has 1 aromatic carbocycles. The summed E-state index contributed by atoms with van der Waals surface area (Å²) in [5, 5.41) is 10.5. The number of carbonyl (C=O) groups excluding carboxylic acids is 2. The maximum Gasteiger partial charge on any atom is 0.253 e. The molecule has 1 aliphatic rings. The lowest BCUT2D eigenvalue weighted by molar-refractivity contribution is -0.125. The van der Waals surface area contributed by atoms with Crippen molar-refractivity contribution in [1.82, 2.24) is 9.80 Å². The minimum Gasteiger partial charge on any atom is -0.388 e. The van der Waals surface area contributed by atoms with E-state index in [2.05, 4.69) is 4.90 Å². The Morgan fingerprint density at radius 2 is 2.04 bits per heavy atom. The highest BCUT2D eigenvalue weighted by Gasteiger charge is 2.34. The van der Waals surface area contributed by atoms with Crippen molar-refractivity contribution in [3.8, 4) is 0 Å². The van der Waals surface area contributed by atoms with Crippen LogP contribution >= 0.6 is 0 Å². The van der Waals surface area contributed by atoms with Crippen molar-refractivity contribution in [2.45, 2.75) is 31.4 Å². The van der Waals surface area contributed by atoms with Crippen LogP contribution in [-0.2, 0) is 11.3 Å². The Balaban J connectivity index is 2.13. The number of rotatable bonds is 5. The Hall–Kier alpha value is -1.92. The average Bonchev–Trinajstić information content (AvgIpc) is 2.45. The summed E-state index contributed by atoms with van der Waals surface area (Å²) in [7, 11) is 3.46. The Morgan fingerprint density at radius 3 is 2.70 bits per heavy atom. The fourth-order valence-electron chi connectivity index (χ4n) is 3.16. The van der Waals surface area contributed by atoms with Crippen LogP contribution in [0.2, 0.25) is 0 Å². The molecule has 0 aliphatic carbocycles. The van der Waals surface area contributed by atoms with Crippen molar-refractivity contribution in [2.75, 3.05) is 27.2 Å². The predicted molar refractivity (Wildman–Crippen MR) is 87.7 cm³/mol. The molecule has 1 heterocycles. The van der Waals surface area contributed by atoms with Crippen LogP contribution in [0.4, 0.5) is 0 Å². The summed E-state index contributed by atoms with van der Waals surface area (Å²) in [4.78, 5) is 27.1. The van der Waals surface area contributed by atoms with Crippen LogP contribution in [0.25, 0.3) is 0 Å². The van der Waals surface area contributed by atoms with E-state index in [-0.39, 0.29) is 12.3 Å². The van der Waals surface area contributed by atoms with E-state index in [1.165, 1.54) is 0 Å². The maximum absolute atomic E-state index is 12.3. The van der Waals surface area contributed by atoms with E-state index in [1.807, 2.05) is 24.3 Å². The molecule has 0 aromatic heterocycles. The summed E-state index contributed by atoms with van der Waals surface area (Å²) in [6, 6.07) is 7.50. The van der Waals surface area contributed by atoms with Crippen molar-refractivity contribution < 1.29 is 14.7 Å². The second-order valence-corrected chi connectivity index (χ2v) is 6.54. The van der Waals surface area contributed by atoms with Crippen LogP contribution < -0.4 is 5.73 Å². The van der Waals surface area contributed by atoms with Crippen molar-refractivity contribution in [3.63, 3.8) is 0 Å². The molecular weight excluding hydrogens is 294 g/mol. The van der Waals surface area contributed by atoms with Gasteiger partial charge in [-0.25, -0.2) is 0 Å². The van der Waals surface area contributed by atoms with Gasteiger partial charge in [0.25, 0.3) is 5.91 Å². The molecule has 2 rings (SSSR count). The molecule has 0 bridgehead atoms. The SMILES string of the molecule is CN(C)C(=O)c1ccccc1CN1CCCC(O)(CC(N)=O)C1. The molecule has 1 aliphatic heterocycles. The molecule has 23 heavy (non-hydrogen) atoms. The summed E-state index contributed by atoms with van der Waals surface area (Å²) in [5.74, 6) is -0.525. The van der Waals surface area contributed by atoms with E-state index in [0.29, 0.717) is 25.1 Å². The second kappa shape index (κ2) is 7.10. The van der Waals surface area contributed by atoms with Gasteiger partial charge in [-0.15, -0.1) is 0 Å². The van der Waals surface area contributed by atoms with Gasteiger partial charge in [0.2, 0.25) is 5.91 Å². The first-order chi connectivity index (χ1) is 10.8. The molecule has 0 spiro atoms. The minimum atomic E-state index is -1.06. The zero-order valence-electron chi connectivity index (χ0n) is 13.8. The number of aliphatic hydroxyl groups is 1. The highest BCUT2D eigenvalue weighted by Crippen LogP contribution is 2.26. The van der Waals surface area contributed by atoms with Gasteiger partial charge in [0.05, 0.1) is 12.0 Å². The molecule has 1 aromatic rings. The van der Waals surface area contributed by atoms with E-state index in [9.17, 15) is 14.7 Å². The molecule has 6 heteroatoms. The number of hydrogen-bond acceptors (Lipinski definition) is 4. The van der Waals surface area contributed by atoms with Crippen LogP contribution in [0.3, 0.4) is 0 Å². The Morgan fingerprint density at radius 1 is 1.35 bits per heavy atom. The molecule has 126 valence electrons. The molecule has 1 saturated heterocycles. The van der Waals surface area contributed by atoms with Crippen LogP contribution in [0.5, 0.6) is 0 Å². The topological polar surface area (TPSA) is 86.9 Å². The largest absolute Gasteiger partial charge is 0.388 e. The highest BCUT2D eigenvalue weighted by atomic mass is 16.3. The lowest BCUT2D eigenvalue weighted by Gasteiger charge is -2.38. The first-order valence-electron chi connectivity index (χ1n) is 7.83. The van der Waals surface area contributed by atoms with E-state index in [1.54, 1.807) is 19.0 Å². The summed E-state index contributed by atoms with van der Waals surface area (Å²) >= 11 is 0. The Labute approximate surface area is 136 Å². The van der Waals surface area contributed by atoms with Gasteiger partial charge in [0.1, 0.15) is 0 Å². The molecule has 6 nitrogen and oxygen atoms in total. The Bertz CT molecular complexity index is 588. The normalized spacial score (nSPS) is 21.9. The number of hydrogen-bond donors (Lipinski definition) is 2. The molecule has 1 atom stereocenters. The Kier molecular flexibility index (Phi) is 5.38. The van der Waals surface area contributed by atoms with Gasteiger partial charge in [-0.1, -0.05) is 18.2 Å². The maximum atomic E-state index is 12.3. The number of nitrogens with two attached hydrogens (primary N) is 1. The fraction of sp³-hybridized carbons (Fsp3) is 0.529. The lowest BCUT2D eigenvalue weighted by atomic mass is 9.89. The number of carbonyl (C=O) groups is 2. The van der Waals surface area contributed by atoms with Crippen LogP contribution in [0.1, 0.15) is 35.2 Å².